The highest BCUT2D eigenvalue weighted by atomic mass is 15.1. The number of rotatable bonds is 4. The van der Waals surface area contributed by atoms with Crippen LogP contribution in [-0.4, -0.2) is 31.1 Å². The predicted molar refractivity (Wildman–Crippen MR) is 73.1 cm³/mol. The first-order chi connectivity index (χ1) is 8.29. The molecule has 0 spiro atoms. The maximum absolute atomic E-state index is 5.68. The van der Waals surface area contributed by atoms with Crippen molar-refractivity contribution < 1.29 is 0 Å². The molecule has 1 heterocycles. The maximum Gasteiger partial charge on any atom is 0.00191 e. The minimum Gasteiger partial charge on any atom is -0.330 e. The summed E-state index contributed by atoms with van der Waals surface area (Å²) in [6.07, 6.45) is 2.59. The molecule has 0 radical (unpaired) electrons. The number of nitrogens with zero attached hydrogens (tertiary/aromatic N) is 1. The minimum absolute atomic E-state index is 0.628. The van der Waals surface area contributed by atoms with Gasteiger partial charge in [0.2, 0.25) is 0 Å². The molecule has 1 aliphatic rings. The minimum atomic E-state index is 0.628. The van der Waals surface area contributed by atoms with Crippen LogP contribution >= 0.6 is 0 Å². The summed E-state index contributed by atoms with van der Waals surface area (Å²) < 4.78 is 0. The lowest BCUT2D eigenvalue weighted by molar-refractivity contribution is 0.189. The van der Waals surface area contributed by atoms with Crippen LogP contribution in [-0.2, 0) is 0 Å². The number of likely N-dealkylation sites (tertiary alicyclic amines) is 1. The van der Waals surface area contributed by atoms with Crippen LogP contribution in [0.25, 0.3) is 0 Å². The average Bonchev–Trinajstić information content (AvgIpc) is 2.40. The van der Waals surface area contributed by atoms with Crippen molar-refractivity contribution in [2.24, 2.45) is 11.7 Å². The highest BCUT2D eigenvalue weighted by molar-refractivity contribution is 5.19. The number of piperidine rings is 1. The van der Waals surface area contributed by atoms with E-state index in [1.165, 1.54) is 31.5 Å². The highest BCUT2D eigenvalue weighted by Crippen LogP contribution is 2.27. The van der Waals surface area contributed by atoms with Crippen molar-refractivity contribution in [1.82, 2.24) is 4.90 Å². The van der Waals surface area contributed by atoms with Crippen LogP contribution in [0.5, 0.6) is 0 Å². The topological polar surface area (TPSA) is 29.3 Å². The summed E-state index contributed by atoms with van der Waals surface area (Å²) in [6.45, 7) is 6.66. The molecule has 1 aromatic carbocycles. The Labute approximate surface area is 105 Å². The van der Waals surface area contributed by atoms with Gasteiger partial charge < -0.3 is 10.6 Å². The third-order valence-electron chi connectivity index (χ3n) is 3.83. The third-order valence-corrected chi connectivity index (χ3v) is 3.83. The molecule has 0 amide bonds. The van der Waals surface area contributed by atoms with E-state index in [4.69, 9.17) is 5.73 Å². The quantitative estimate of drug-likeness (QED) is 0.864. The van der Waals surface area contributed by atoms with E-state index in [1.54, 1.807) is 0 Å². The molecule has 1 aromatic rings. The SMILES string of the molecule is CC(CN)CN1CCC(c2ccccc2)CC1. The van der Waals surface area contributed by atoms with E-state index in [9.17, 15) is 0 Å². The van der Waals surface area contributed by atoms with Crippen molar-refractivity contribution in [1.29, 1.82) is 0 Å². The summed E-state index contributed by atoms with van der Waals surface area (Å²) in [5, 5.41) is 0. The monoisotopic (exact) mass is 232 g/mol. The molecule has 2 heteroatoms. The van der Waals surface area contributed by atoms with Gasteiger partial charge in [-0.3, -0.25) is 0 Å². The second kappa shape index (κ2) is 6.18. The van der Waals surface area contributed by atoms with Gasteiger partial charge in [0.15, 0.2) is 0 Å². The van der Waals surface area contributed by atoms with E-state index in [0.717, 1.165) is 19.0 Å². The van der Waals surface area contributed by atoms with E-state index in [1.807, 2.05) is 0 Å². The van der Waals surface area contributed by atoms with Crippen LogP contribution in [0.3, 0.4) is 0 Å². The van der Waals surface area contributed by atoms with Gasteiger partial charge in [0.1, 0.15) is 0 Å². The summed E-state index contributed by atoms with van der Waals surface area (Å²) in [5.74, 6) is 1.39. The van der Waals surface area contributed by atoms with Crippen molar-refractivity contribution in [3.05, 3.63) is 35.9 Å². The van der Waals surface area contributed by atoms with Gasteiger partial charge in [0.05, 0.1) is 0 Å². The molecule has 2 N–H and O–H groups in total. The molecule has 0 saturated carbocycles. The van der Waals surface area contributed by atoms with Crippen molar-refractivity contribution >= 4 is 0 Å². The fourth-order valence-corrected chi connectivity index (χ4v) is 2.69. The maximum atomic E-state index is 5.68. The zero-order valence-corrected chi connectivity index (χ0v) is 10.8. The molecule has 1 unspecified atom stereocenters. The fourth-order valence-electron chi connectivity index (χ4n) is 2.69. The largest absolute Gasteiger partial charge is 0.330 e. The second-order valence-electron chi connectivity index (χ2n) is 5.33. The number of hydrogen-bond donors (Lipinski definition) is 1. The van der Waals surface area contributed by atoms with Gasteiger partial charge in [-0.2, -0.15) is 0 Å². The first-order valence-electron chi connectivity index (χ1n) is 6.77. The second-order valence-corrected chi connectivity index (χ2v) is 5.33. The molecule has 17 heavy (non-hydrogen) atoms. The van der Waals surface area contributed by atoms with Crippen LogP contribution in [0.1, 0.15) is 31.2 Å². The fraction of sp³-hybridized carbons (Fsp3) is 0.600. The van der Waals surface area contributed by atoms with E-state index in [-0.39, 0.29) is 0 Å². The highest BCUT2D eigenvalue weighted by Gasteiger charge is 2.20. The van der Waals surface area contributed by atoms with Crippen LogP contribution in [0.2, 0.25) is 0 Å². The van der Waals surface area contributed by atoms with Crippen LogP contribution in [0, 0.1) is 5.92 Å². The number of nitrogens with two attached hydrogens (primary N) is 1. The molecule has 2 rings (SSSR count). The van der Waals surface area contributed by atoms with E-state index in [0.29, 0.717) is 5.92 Å². The Morgan fingerprint density at radius 1 is 1.24 bits per heavy atom. The van der Waals surface area contributed by atoms with Crippen molar-refractivity contribution in [2.45, 2.75) is 25.7 Å². The van der Waals surface area contributed by atoms with Gasteiger partial charge in [0.25, 0.3) is 0 Å². The first kappa shape index (κ1) is 12.6. The van der Waals surface area contributed by atoms with Crippen LogP contribution < -0.4 is 5.73 Å². The van der Waals surface area contributed by atoms with Crippen LogP contribution in [0.15, 0.2) is 30.3 Å². The Bertz CT molecular complexity index is 315. The summed E-state index contributed by atoms with van der Waals surface area (Å²) in [6, 6.07) is 10.9. The van der Waals surface area contributed by atoms with Crippen LogP contribution in [0.4, 0.5) is 0 Å². The van der Waals surface area contributed by atoms with Crippen molar-refractivity contribution in [3.8, 4) is 0 Å². The molecule has 1 atom stereocenters. The van der Waals surface area contributed by atoms with Crippen molar-refractivity contribution in [3.63, 3.8) is 0 Å². The summed E-state index contributed by atoms with van der Waals surface area (Å²) in [5.41, 5.74) is 7.19. The molecule has 0 bridgehead atoms. The molecule has 1 aliphatic heterocycles. The molecular weight excluding hydrogens is 208 g/mol. The van der Waals surface area contributed by atoms with E-state index < -0.39 is 0 Å². The standard InChI is InChI=1S/C15H24N2/c1-13(11-16)12-17-9-7-15(8-10-17)14-5-3-2-4-6-14/h2-6,13,15H,7-12,16H2,1H3. The van der Waals surface area contributed by atoms with Gasteiger partial charge in [-0.05, 0) is 49.9 Å². The lowest BCUT2D eigenvalue weighted by Crippen LogP contribution is -2.37. The average molecular weight is 232 g/mol. The lowest BCUT2D eigenvalue weighted by Gasteiger charge is -2.33. The lowest BCUT2D eigenvalue weighted by atomic mass is 9.89. The third kappa shape index (κ3) is 3.55. The molecule has 0 aliphatic carbocycles. The van der Waals surface area contributed by atoms with E-state index in [2.05, 4.69) is 42.2 Å². The smallest absolute Gasteiger partial charge is 0.00191 e. The number of benzene rings is 1. The Morgan fingerprint density at radius 3 is 2.47 bits per heavy atom. The molecule has 1 fully saturated rings. The molecule has 94 valence electrons. The predicted octanol–water partition coefficient (Wildman–Crippen LogP) is 2.46. The van der Waals surface area contributed by atoms with Crippen molar-refractivity contribution in [2.75, 3.05) is 26.2 Å². The van der Waals surface area contributed by atoms with Gasteiger partial charge in [-0.1, -0.05) is 37.3 Å². The van der Waals surface area contributed by atoms with Gasteiger partial charge in [-0.15, -0.1) is 0 Å². The molecule has 2 nitrogen and oxygen atoms in total. The molecular formula is C15H24N2. The summed E-state index contributed by atoms with van der Waals surface area (Å²) >= 11 is 0. The normalized spacial score (nSPS) is 20.4. The van der Waals surface area contributed by atoms with E-state index >= 15 is 0 Å². The first-order valence-corrected chi connectivity index (χ1v) is 6.77. The summed E-state index contributed by atoms with van der Waals surface area (Å²) in [7, 11) is 0. The molecule has 1 saturated heterocycles. The zero-order valence-electron chi connectivity index (χ0n) is 10.8. The summed E-state index contributed by atoms with van der Waals surface area (Å²) in [4.78, 5) is 2.57. The Balaban J connectivity index is 1.82. The Kier molecular flexibility index (Phi) is 4.57. The van der Waals surface area contributed by atoms with Gasteiger partial charge >= 0.3 is 0 Å². The van der Waals surface area contributed by atoms with Gasteiger partial charge in [0, 0.05) is 6.54 Å². The zero-order chi connectivity index (χ0) is 12.1. The Morgan fingerprint density at radius 2 is 1.88 bits per heavy atom. The number of hydrogen-bond acceptors (Lipinski definition) is 2. The van der Waals surface area contributed by atoms with Gasteiger partial charge in [-0.25, -0.2) is 0 Å². The molecule has 0 aromatic heterocycles. The Hall–Kier alpha value is -0.860.